The Morgan fingerprint density at radius 3 is 2.62 bits per heavy atom. The van der Waals surface area contributed by atoms with Gasteiger partial charge in [0.25, 0.3) is 0 Å². The number of piperazine rings is 1. The lowest BCUT2D eigenvalue weighted by Gasteiger charge is -2.36. The van der Waals surface area contributed by atoms with Gasteiger partial charge >= 0.3 is 0 Å². The molecule has 0 unspecified atom stereocenters. The Morgan fingerprint density at radius 2 is 1.88 bits per heavy atom. The van der Waals surface area contributed by atoms with Crippen LogP contribution in [0.2, 0.25) is 0 Å². The molecule has 34 heavy (non-hydrogen) atoms. The van der Waals surface area contributed by atoms with Gasteiger partial charge in [-0.15, -0.1) is 0 Å². The molecular weight excluding hydrogens is 428 g/mol. The van der Waals surface area contributed by atoms with Gasteiger partial charge in [0.05, 0.1) is 17.1 Å². The molecule has 3 aliphatic rings. The van der Waals surface area contributed by atoms with E-state index in [0.717, 1.165) is 77.4 Å². The molecule has 3 aliphatic heterocycles. The Kier molecular flexibility index (Phi) is 5.91. The van der Waals surface area contributed by atoms with Crippen molar-refractivity contribution < 1.29 is 9.84 Å². The minimum Gasteiger partial charge on any atom is -0.508 e. The highest BCUT2D eigenvalue weighted by Crippen LogP contribution is 2.33. The summed E-state index contributed by atoms with van der Waals surface area (Å²) in [5, 5.41) is 14.7. The highest BCUT2D eigenvalue weighted by Gasteiger charge is 2.20. The zero-order valence-electron chi connectivity index (χ0n) is 19.2. The van der Waals surface area contributed by atoms with E-state index in [1.165, 1.54) is 0 Å². The van der Waals surface area contributed by atoms with Crippen molar-refractivity contribution in [1.82, 2.24) is 15.2 Å². The summed E-state index contributed by atoms with van der Waals surface area (Å²) < 4.78 is 5.99. The first-order valence-corrected chi connectivity index (χ1v) is 11.3. The summed E-state index contributed by atoms with van der Waals surface area (Å²) >= 11 is 0. The number of phenolic OH excluding ortho intramolecular Hbond substituents is 1. The van der Waals surface area contributed by atoms with Crippen LogP contribution < -0.4 is 15.9 Å². The van der Waals surface area contributed by atoms with E-state index in [1.807, 2.05) is 54.4 Å². The second-order valence-corrected chi connectivity index (χ2v) is 8.50. The smallest absolute Gasteiger partial charge is 0.146 e. The first-order valence-electron chi connectivity index (χ1n) is 11.3. The number of benzene rings is 2. The van der Waals surface area contributed by atoms with Crippen molar-refractivity contribution >= 4 is 17.1 Å². The van der Waals surface area contributed by atoms with E-state index < -0.39 is 0 Å². The van der Waals surface area contributed by atoms with Gasteiger partial charge in [-0.2, -0.15) is 0 Å². The van der Waals surface area contributed by atoms with Crippen molar-refractivity contribution in [3.63, 3.8) is 0 Å². The molecule has 0 atom stereocenters. The number of ether oxygens (including phenoxy) is 1. The molecule has 0 aliphatic carbocycles. The molecule has 2 aromatic rings. The summed E-state index contributed by atoms with van der Waals surface area (Å²) in [5.74, 6) is 7.85. The molecule has 1 saturated heterocycles. The zero-order chi connectivity index (χ0) is 23.7. The molecule has 0 aromatic heterocycles. The second kappa shape index (κ2) is 9.17. The van der Waals surface area contributed by atoms with Crippen molar-refractivity contribution in [3.8, 4) is 11.5 Å². The van der Waals surface area contributed by atoms with Gasteiger partial charge < -0.3 is 20.1 Å². The number of dihydropyridines is 1. The van der Waals surface area contributed by atoms with Crippen LogP contribution in [0.4, 0.5) is 5.69 Å². The molecule has 0 spiro atoms. The fraction of sp³-hybridized carbons (Fsp3) is 0.231. The summed E-state index contributed by atoms with van der Waals surface area (Å²) in [6.07, 6.45) is 4.04. The van der Waals surface area contributed by atoms with Gasteiger partial charge in [0.2, 0.25) is 0 Å². The SMILES string of the molecule is C=C1NC(N2CCN(N)CC2)=CC=C1N=C(C)c1ccc2c(c1)OCC(c1ccc(O)cc1)=N2. The van der Waals surface area contributed by atoms with E-state index in [0.29, 0.717) is 6.61 Å². The molecular formula is C26H28N6O2. The molecule has 0 amide bonds. The molecule has 1 fully saturated rings. The van der Waals surface area contributed by atoms with E-state index in [-0.39, 0.29) is 5.75 Å². The maximum absolute atomic E-state index is 9.50. The quantitative estimate of drug-likeness (QED) is 0.483. The van der Waals surface area contributed by atoms with Crippen LogP contribution in [0.5, 0.6) is 11.5 Å². The fourth-order valence-corrected chi connectivity index (χ4v) is 4.09. The van der Waals surface area contributed by atoms with E-state index in [4.69, 9.17) is 20.6 Å². The zero-order valence-corrected chi connectivity index (χ0v) is 19.2. The molecule has 0 bridgehead atoms. The van der Waals surface area contributed by atoms with E-state index >= 15 is 0 Å². The Labute approximate surface area is 199 Å². The maximum atomic E-state index is 9.50. The monoisotopic (exact) mass is 456 g/mol. The number of hydrazine groups is 1. The van der Waals surface area contributed by atoms with Gasteiger partial charge in [0, 0.05) is 31.9 Å². The van der Waals surface area contributed by atoms with Crippen LogP contribution in [0.3, 0.4) is 0 Å². The lowest BCUT2D eigenvalue weighted by molar-refractivity contribution is 0.156. The first-order chi connectivity index (χ1) is 16.5. The number of nitrogens with two attached hydrogens (primary N) is 1. The summed E-state index contributed by atoms with van der Waals surface area (Å²) in [6, 6.07) is 12.9. The van der Waals surface area contributed by atoms with Crippen molar-refractivity contribution in [1.29, 1.82) is 0 Å². The number of fused-ring (bicyclic) bond motifs is 1. The van der Waals surface area contributed by atoms with Gasteiger partial charge in [0.15, 0.2) is 0 Å². The Balaban J connectivity index is 1.33. The maximum Gasteiger partial charge on any atom is 0.146 e. The predicted octanol–water partition coefficient (Wildman–Crippen LogP) is 3.05. The normalized spacial score (nSPS) is 18.9. The number of aromatic hydroxyl groups is 1. The van der Waals surface area contributed by atoms with Crippen molar-refractivity contribution in [3.05, 3.63) is 89.5 Å². The van der Waals surface area contributed by atoms with Crippen LogP contribution in [-0.4, -0.2) is 59.2 Å². The number of hydrogen-bond acceptors (Lipinski definition) is 8. The number of hydrogen-bond donors (Lipinski definition) is 3. The third-order valence-corrected chi connectivity index (χ3v) is 6.13. The third kappa shape index (κ3) is 4.59. The summed E-state index contributed by atoms with van der Waals surface area (Å²) in [4.78, 5) is 11.8. The molecule has 4 N–H and O–H groups in total. The van der Waals surface area contributed by atoms with Crippen LogP contribution in [-0.2, 0) is 0 Å². The Hall–Kier alpha value is -3.88. The Bertz CT molecular complexity index is 1230. The first kappa shape index (κ1) is 21.9. The van der Waals surface area contributed by atoms with Gasteiger partial charge in [-0.05, 0) is 66.6 Å². The molecule has 8 heteroatoms. The molecule has 0 saturated carbocycles. The van der Waals surface area contributed by atoms with Crippen molar-refractivity contribution in [2.45, 2.75) is 6.92 Å². The van der Waals surface area contributed by atoms with E-state index in [9.17, 15) is 5.11 Å². The lowest BCUT2D eigenvalue weighted by atomic mass is 10.1. The minimum atomic E-state index is 0.230. The van der Waals surface area contributed by atoms with E-state index in [2.05, 4.69) is 16.8 Å². The summed E-state index contributed by atoms with van der Waals surface area (Å²) in [5.41, 5.74) is 5.93. The average Bonchev–Trinajstić information content (AvgIpc) is 2.85. The van der Waals surface area contributed by atoms with Gasteiger partial charge in [0.1, 0.15) is 29.6 Å². The van der Waals surface area contributed by atoms with Gasteiger partial charge in [-0.25, -0.2) is 10.0 Å². The van der Waals surface area contributed by atoms with Crippen LogP contribution in [0.1, 0.15) is 18.1 Å². The molecule has 8 nitrogen and oxygen atoms in total. The largest absolute Gasteiger partial charge is 0.508 e. The molecule has 174 valence electrons. The van der Waals surface area contributed by atoms with Crippen molar-refractivity contribution in [2.24, 2.45) is 15.8 Å². The number of nitrogens with one attached hydrogen (secondary N) is 1. The number of aliphatic imine (C=N–C) groups is 2. The standard InChI is InChI=1S/C26H28N6O2/c1-17(28-22-9-10-26(29-18(22)2)31-11-13-32(27)14-12-31)20-5-8-23-25(15-20)34-16-24(30-23)19-3-6-21(33)7-4-19/h3-10,15,29,33H,2,11-14,16,27H2,1H3. The molecule has 2 aromatic carbocycles. The molecule has 5 rings (SSSR count). The van der Waals surface area contributed by atoms with Crippen LogP contribution >= 0.6 is 0 Å². The summed E-state index contributed by atoms with van der Waals surface area (Å²) in [7, 11) is 0. The fourth-order valence-electron chi connectivity index (χ4n) is 4.09. The van der Waals surface area contributed by atoms with Crippen LogP contribution in [0.25, 0.3) is 0 Å². The number of rotatable bonds is 4. The number of allylic oxidation sites excluding steroid dienone is 2. The van der Waals surface area contributed by atoms with Crippen LogP contribution in [0, 0.1) is 0 Å². The minimum absolute atomic E-state index is 0.230. The lowest BCUT2D eigenvalue weighted by Crippen LogP contribution is -2.50. The Morgan fingerprint density at radius 1 is 1.12 bits per heavy atom. The average molecular weight is 457 g/mol. The van der Waals surface area contributed by atoms with E-state index in [1.54, 1.807) is 12.1 Å². The van der Waals surface area contributed by atoms with Crippen LogP contribution in [0.15, 0.2) is 88.4 Å². The third-order valence-electron chi connectivity index (χ3n) is 6.13. The van der Waals surface area contributed by atoms with Gasteiger partial charge in [-0.1, -0.05) is 12.6 Å². The van der Waals surface area contributed by atoms with Gasteiger partial charge in [-0.3, -0.25) is 10.8 Å². The number of nitrogens with zero attached hydrogens (tertiary/aromatic N) is 4. The van der Waals surface area contributed by atoms with Crippen molar-refractivity contribution in [2.75, 3.05) is 32.8 Å². The summed E-state index contributed by atoms with van der Waals surface area (Å²) in [6.45, 7) is 9.93. The highest BCUT2D eigenvalue weighted by atomic mass is 16.5. The predicted molar refractivity (Wildman–Crippen MR) is 134 cm³/mol. The topological polar surface area (TPSA) is 98.7 Å². The second-order valence-electron chi connectivity index (χ2n) is 8.50. The number of phenols is 1. The highest BCUT2D eigenvalue weighted by molar-refractivity contribution is 6.05. The molecule has 3 heterocycles. The molecule has 0 radical (unpaired) electrons.